The lowest BCUT2D eigenvalue weighted by atomic mass is 10.1. The number of hydrogen-bond acceptors (Lipinski definition) is 5. The molecule has 0 radical (unpaired) electrons. The second-order valence-corrected chi connectivity index (χ2v) is 14.1. The Morgan fingerprint density at radius 1 is 0.491 bits per heavy atom. The smallest absolute Gasteiger partial charge is 0.196 e. The second kappa shape index (κ2) is 11.5. The maximum atomic E-state index is 6.92. The molecule has 0 aliphatic carbocycles. The van der Waals surface area contributed by atoms with Crippen molar-refractivity contribution in [1.29, 1.82) is 0 Å². The molecule has 6 nitrogen and oxygen atoms in total. The number of benzene rings is 8. The Hall–Kier alpha value is -7.44. The van der Waals surface area contributed by atoms with Crippen LogP contribution < -0.4 is 15.0 Å². The largest absolute Gasteiger partial charge is 0.464 e. The molecule has 0 bridgehead atoms. The highest BCUT2D eigenvalue weighted by Gasteiger charge is 2.30. The molecular formula is C49H31N3O3. The number of rotatable bonds is 5. The van der Waals surface area contributed by atoms with Crippen LogP contribution in [-0.2, 0) is 0 Å². The molecular weight excluding hydrogens is 679 g/mol. The number of furan rings is 2. The number of ether oxygens (including phenoxy) is 1. The van der Waals surface area contributed by atoms with Crippen molar-refractivity contribution in [1.82, 2.24) is 4.57 Å². The zero-order valence-corrected chi connectivity index (χ0v) is 29.4. The molecule has 1 atom stereocenters. The highest BCUT2D eigenvalue weighted by atomic mass is 16.5. The molecule has 55 heavy (non-hydrogen) atoms. The van der Waals surface area contributed by atoms with E-state index < -0.39 is 0 Å². The minimum absolute atomic E-state index is 0.289. The van der Waals surface area contributed by atoms with E-state index in [2.05, 4.69) is 154 Å². The summed E-state index contributed by atoms with van der Waals surface area (Å²) in [6.45, 7) is 0. The zero-order valence-electron chi connectivity index (χ0n) is 29.4. The summed E-state index contributed by atoms with van der Waals surface area (Å²) in [7, 11) is 0. The lowest BCUT2D eigenvalue weighted by Gasteiger charge is -2.26. The summed E-state index contributed by atoms with van der Waals surface area (Å²) in [5.41, 5.74) is 11.6. The molecule has 1 aliphatic heterocycles. The van der Waals surface area contributed by atoms with Crippen LogP contribution in [-0.4, -0.2) is 4.57 Å². The molecule has 4 heterocycles. The van der Waals surface area contributed by atoms with E-state index >= 15 is 0 Å². The van der Waals surface area contributed by atoms with Crippen LogP contribution >= 0.6 is 0 Å². The Kier molecular flexibility index (Phi) is 6.30. The lowest BCUT2D eigenvalue weighted by molar-refractivity contribution is 0.263. The van der Waals surface area contributed by atoms with E-state index in [-0.39, 0.29) is 6.23 Å². The van der Waals surface area contributed by atoms with Crippen molar-refractivity contribution in [3.63, 3.8) is 0 Å². The van der Waals surface area contributed by atoms with Crippen molar-refractivity contribution in [2.24, 2.45) is 0 Å². The first kappa shape index (κ1) is 30.1. The summed E-state index contributed by atoms with van der Waals surface area (Å²) in [6.07, 6.45) is -0.289. The van der Waals surface area contributed by atoms with Crippen molar-refractivity contribution in [2.75, 3.05) is 10.2 Å². The number of nitrogens with one attached hydrogen (secondary N) is 1. The third-order valence-electron chi connectivity index (χ3n) is 11.0. The van der Waals surface area contributed by atoms with Crippen molar-refractivity contribution in [2.45, 2.75) is 6.23 Å². The highest BCUT2D eigenvalue weighted by molar-refractivity contribution is 6.19. The molecule has 12 rings (SSSR count). The average Bonchev–Trinajstić information content (AvgIpc) is 4.02. The van der Waals surface area contributed by atoms with Crippen LogP contribution in [0.15, 0.2) is 185 Å². The molecule has 3 aromatic heterocycles. The summed E-state index contributed by atoms with van der Waals surface area (Å²) in [6, 6.07) is 61.3. The van der Waals surface area contributed by atoms with Crippen LogP contribution in [0.1, 0.15) is 11.8 Å². The predicted molar refractivity (Wildman–Crippen MR) is 223 cm³/mol. The molecule has 1 unspecified atom stereocenters. The van der Waals surface area contributed by atoms with E-state index in [0.717, 1.165) is 105 Å². The Morgan fingerprint density at radius 2 is 1.18 bits per heavy atom. The summed E-state index contributed by atoms with van der Waals surface area (Å²) in [4.78, 5) is 2.35. The van der Waals surface area contributed by atoms with Gasteiger partial charge in [-0.05, 0) is 72.8 Å². The number of hydrogen-bond donors (Lipinski definition) is 1. The fourth-order valence-corrected chi connectivity index (χ4v) is 8.63. The third kappa shape index (κ3) is 4.42. The fraction of sp³-hybridized carbons (Fsp3) is 0.0204. The second-order valence-electron chi connectivity index (χ2n) is 14.1. The molecule has 8 aromatic carbocycles. The lowest BCUT2D eigenvalue weighted by Crippen LogP contribution is -2.10. The third-order valence-corrected chi connectivity index (χ3v) is 11.0. The first-order chi connectivity index (χ1) is 27.3. The minimum Gasteiger partial charge on any atom is -0.464 e. The van der Waals surface area contributed by atoms with E-state index in [4.69, 9.17) is 13.6 Å². The molecule has 260 valence electrons. The first-order valence-electron chi connectivity index (χ1n) is 18.5. The molecule has 0 amide bonds. The van der Waals surface area contributed by atoms with Crippen molar-refractivity contribution >= 4 is 88.4 Å². The van der Waals surface area contributed by atoms with Crippen molar-refractivity contribution in [3.05, 3.63) is 181 Å². The van der Waals surface area contributed by atoms with Crippen LogP contribution in [0.3, 0.4) is 0 Å². The van der Waals surface area contributed by atoms with Gasteiger partial charge in [0.2, 0.25) is 0 Å². The molecule has 6 heteroatoms. The molecule has 0 saturated heterocycles. The predicted octanol–water partition coefficient (Wildman–Crippen LogP) is 13.6. The van der Waals surface area contributed by atoms with E-state index in [9.17, 15) is 0 Å². The van der Waals surface area contributed by atoms with Gasteiger partial charge in [-0.1, -0.05) is 103 Å². The quantitative estimate of drug-likeness (QED) is 0.193. The topological polar surface area (TPSA) is 55.7 Å². The SMILES string of the molecule is c1ccc(C2Nc3ccc4oc5c(N(c6ccc7oc8ccccc8c7c6)c6cccc7c6c6ccccc6n7-c6ccccc6)cccc5c4c3O2)cc1. The van der Waals surface area contributed by atoms with Gasteiger partial charge in [0, 0.05) is 43.9 Å². The molecule has 11 aromatic rings. The number of nitrogens with zero attached hydrogens (tertiary/aromatic N) is 2. The number of aromatic nitrogens is 1. The van der Waals surface area contributed by atoms with Gasteiger partial charge in [-0.15, -0.1) is 0 Å². The van der Waals surface area contributed by atoms with Crippen LogP contribution in [0.4, 0.5) is 22.7 Å². The van der Waals surface area contributed by atoms with Gasteiger partial charge in [-0.25, -0.2) is 0 Å². The van der Waals surface area contributed by atoms with Crippen LogP contribution in [0.2, 0.25) is 0 Å². The summed E-state index contributed by atoms with van der Waals surface area (Å²) >= 11 is 0. The molecule has 0 fully saturated rings. The molecule has 1 aliphatic rings. The van der Waals surface area contributed by atoms with Gasteiger partial charge in [0.15, 0.2) is 17.6 Å². The van der Waals surface area contributed by atoms with Crippen molar-refractivity contribution in [3.8, 4) is 11.4 Å². The maximum absolute atomic E-state index is 6.92. The summed E-state index contributed by atoms with van der Waals surface area (Å²) in [5.74, 6) is 0.799. The normalized spacial score (nSPS) is 13.9. The standard InChI is InChI=1S/C49H31N3O3/c1-3-13-30(14-4-1)49-50-37-26-28-44-46(48(37)55-49)35-19-11-23-41(47(35)54-44)52(32-25-27-43-36(29-32)33-17-8-10-24-42(33)53-43)40-22-12-21-39-45(40)34-18-7-9-20-38(34)51(39)31-15-5-2-6-16-31/h1-29,49-50H. The van der Waals surface area contributed by atoms with Gasteiger partial charge < -0.3 is 28.4 Å². The Labute approximate surface area is 315 Å². The maximum Gasteiger partial charge on any atom is 0.196 e. The monoisotopic (exact) mass is 709 g/mol. The fourth-order valence-electron chi connectivity index (χ4n) is 8.63. The van der Waals surface area contributed by atoms with Crippen molar-refractivity contribution < 1.29 is 13.6 Å². The number of anilines is 4. The summed E-state index contributed by atoms with van der Waals surface area (Å²) in [5, 5.41) is 9.96. The number of fused-ring (bicyclic) bond motifs is 11. The van der Waals surface area contributed by atoms with Crippen LogP contribution in [0.5, 0.6) is 5.75 Å². The minimum atomic E-state index is -0.289. The van der Waals surface area contributed by atoms with Gasteiger partial charge >= 0.3 is 0 Å². The molecule has 1 N–H and O–H groups in total. The zero-order chi connectivity index (χ0) is 36.0. The summed E-state index contributed by atoms with van der Waals surface area (Å²) < 4.78 is 22.3. The Bertz CT molecular complexity index is 3290. The average molecular weight is 710 g/mol. The first-order valence-corrected chi connectivity index (χ1v) is 18.5. The van der Waals surface area contributed by atoms with Gasteiger partial charge in [0.05, 0.1) is 33.5 Å². The van der Waals surface area contributed by atoms with Crippen LogP contribution in [0.25, 0.3) is 71.4 Å². The molecule has 0 saturated carbocycles. The van der Waals surface area contributed by atoms with E-state index in [1.807, 2.05) is 36.4 Å². The Balaban J connectivity index is 1.14. The number of para-hydroxylation sites is 4. The van der Waals surface area contributed by atoms with Gasteiger partial charge in [0.25, 0.3) is 0 Å². The highest BCUT2D eigenvalue weighted by Crippen LogP contribution is 2.51. The van der Waals surface area contributed by atoms with Gasteiger partial charge in [0.1, 0.15) is 16.7 Å². The van der Waals surface area contributed by atoms with E-state index in [0.29, 0.717) is 0 Å². The van der Waals surface area contributed by atoms with E-state index in [1.54, 1.807) is 0 Å². The van der Waals surface area contributed by atoms with Gasteiger partial charge in [-0.2, -0.15) is 0 Å². The Morgan fingerprint density at radius 3 is 2.07 bits per heavy atom. The van der Waals surface area contributed by atoms with Crippen LogP contribution in [0, 0.1) is 0 Å². The molecule has 0 spiro atoms. The van der Waals surface area contributed by atoms with Gasteiger partial charge in [-0.3, -0.25) is 0 Å². The van der Waals surface area contributed by atoms with E-state index in [1.165, 1.54) is 0 Å².